The quantitative estimate of drug-likeness (QED) is 0.457. The number of alkyl halides is 1. The average Bonchev–Trinajstić information content (AvgIpc) is 3.12. The lowest BCUT2D eigenvalue weighted by atomic mass is 10.00. The number of aromatic amines is 1. The highest BCUT2D eigenvalue weighted by molar-refractivity contribution is 6.35. The summed E-state index contributed by atoms with van der Waals surface area (Å²) in [5, 5.41) is 10.2. The van der Waals surface area contributed by atoms with E-state index in [4.69, 9.17) is 16.3 Å². The molecule has 3 heterocycles. The molecule has 2 atom stereocenters. The topological polar surface area (TPSA) is 84.3 Å². The van der Waals surface area contributed by atoms with Crippen molar-refractivity contribution in [2.75, 3.05) is 11.9 Å². The second-order valence-electron chi connectivity index (χ2n) is 7.43. The van der Waals surface area contributed by atoms with Gasteiger partial charge in [0.1, 0.15) is 17.6 Å². The molecule has 0 saturated heterocycles. The molecule has 1 aromatic carbocycles. The largest absolute Gasteiger partial charge is 0.377 e. The summed E-state index contributed by atoms with van der Waals surface area (Å²) in [5.41, 5.74) is 2.55. The van der Waals surface area contributed by atoms with Crippen LogP contribution in [-0.4, -0.2) is 38.3 Å². The Kier molecular flexibility index (Phi) is 4.86. The Morgan fingerprint density at radius 3 is 2.97 bits per heavy atom. The van der Waals surface area contributed by atoms with E-state index in [-0.39, 0.29) is 24.0 Å². The first-order chi connectivity index (χ1) is 15.0. The Labute approximate surface area is 180 Å². The SMILES string of the molecule is CCOCc1c(F)c(Cl)c(-c2ccc3nc(NC(=O)C4CC4F)cn3c2)c2cn[nH]c12. The van der Waals surface area contributed by atoms with Gasteiger partial charge < -0.3 is 14.5 Å². The molecular weight excluding hydrogens is 428 g/mol. The minimum atomic E-state index is -1.08. The van der Waals surface area contributed by atoms with Gasteiger partial charge in [0.2, 0.25) is 5.91 Å². The maximum Gasteiger partial charge on any atom is 0.231 e. The lowest BCUT2D eigenvalue weighted by Crippen LogP contribution is -2.15. The van der Waals surface area contributed by atoms with Crippen molar-refractivity contribution in [3.8, 4) is 11.1 Å². The number of carbonyl (C=O) groups is 1. The molecule has 5 rings (SSSR count). The van der Waals surface area contributed by atoms with E-state index in [9.17, 15) is 9.18 Å². The van der Waals surface area contributed by atoms with Crippen LogP contribution in [0.2, 0.25) is 5.02 Å². The number of nitrogens with one attached hydrogen (secondary N) is 2. The number of anilines is 1. The number of imidazole rings is 1. The summed E-state index contributed by atoms with van der Waals surface area (Å²) in [4.78, 5) is 16.3. The van der Waals surface area contributed by atoms with Gasteiger partial charge in [-0.05, 0) is 25.5 Å². The highest BCUT2D eigenvalue weighted by Crippen LogP contribution is 2.39. The lowest BCUT2D eigenvalue weighted by molar-refractivity contribution is -0.117. The number of pyridine rings is 1. The normalized spacial score (nSPS) is 18.1. The van der Waals surface area contributed by atoms with Crippen molar-refractivity contribution in [3.05, 3.63) is 47.1 Å². The number of fused-ring (bicyclic) bond motifs is 2. The molecular formula is C21H18ClF2N5O2. The number of ether oxygens (including phenoxy) is 1. The van der Waals surface area contributed by atoms with Crippen LogP contribution < -0.4 is 5.32 Å². The predicted octanol–water partition coefficient (Wildman–Crippen LogP) is 4.50. The van der Waals surface area contributed by atoms with Crippen LogP contribution in [0.3, 0.4) is 0 Å². The Hall–Kier alpha value is -3.04. The van der Waals surface area contributed by atoms with E-state index in [1.54, 1.807) is 35.1 Å². The third-order valence-corrected chi connectivity index (χ3v) is 5.73. The number of carbonyl (C=O) groups excluding carboxylic acids is 1. The van der Waals surface area contributed by atoms with E-state index in [2.05, 4.69) is 20.5 Å². The van der Waals surface area contributed by atoms with Crippen LogP contribution in [0.25, 0.3) is 27.7 Å². The number of amides is 1. The molecule has 0 bridgehead atoms. The monoisotopic (exact) mass is 445 g/mol. The minimum Gasteiger partial charge on any atom is -0.377 e. The first-order valence-electron chi connectivity index (χ1n) is 9.82. The fourth-order valence-electron chi connectivity index (χ4n) is 3.65. The predicted molar refractivity (Wildman–Crippen MR) is 112 cm³/mol. The molecule has 1 fully saturated rings. The van der Waals surface area contributed by atoms with Gasteiger partial charge in [0.05, 0.1) is 35.5 Å². The van der Waals surface area contributed by atoms with E-state index >= 15 is 4.39 Å². The van der Waals surface area contributed by atoms with Crippen molar-refractivity contribution in [2.45, 2.75) is 26.1 Å². The number of H-pyrrole nitrogens is 1. The van der Waals surface area contributed by atoms with E-state index in [1.165, 1.54) is 0 Å². The van der Waals surface area contributed by atoms with Gasteiger partial charge in [-0.2, -0.15) is 5.10 Å². The molecule has 0 radical (unpaired) electrons. The minimum absolute atomic E-state index is 0.0284. The second-order valence-corrected chi connectivity index (χ2v) is 7.81. The van der Waals surface area contributed by atoms with Crippen LogP contribution in [0.4, 0.5) is 14.6 Å². The lowest BCUT2D eigenvalue weighted by Gasteiger charge is -2.12. The number of hydrogen-bond donors (Lipinski definition) is 2. The van der Waals surface area contributed by atoms with Gasteiger partial charge in [-0.3, -0.25) is 9.89 Å². The fourth-order valence-corrected chi connectivity index (χ4v) is 3.98. The molecule has 160 valence electrons. The molecule has 1 amide bonds. The molecule has 7 nitrogen and oxygen atoms in total. The molecule has 4 aromatic rings. The Morgan fingerprint density at radius 2 is 2.23 bits per heavy atom. The van der Waals surface area contributed by atoms with Gasteiger partial charge in [0.25, 0.3) is 0 Å². The van der Waals surface area contributed by atoms with E-state index in [0.717, 1.165) is 0 Å². The van der Waals surface area contributed by atoms with E-state index in [0.29, 0.717) is 45.7 Å². The van der Waals surface area contributed by atoms with Crippen molar-refractivity contribution >= 4 is 39.9 Å². The Morgan fingerprint density at radius 1 is 1.42 bits per heavy atom. The van der Waals surface area contributed by atoms with Gasteiger partial charge in [0, 0.05) is 34.9 Å². The third kappa shape index (κ3) is 3.43. The summed E-state index contributed by atoms with van der Waals surface area (Å²) in [6.45, 7) is 2.35. The number of halogens is 3. The van der Waals surface area contributed by atoms with Gasteiger partial charge in [-0.1, -0.05) is 11.6 Å². The number of rotatable bonds is 6. The molecule has 31 heavy (non-hydrogen) atoms. The van der Waals surface area contributed by atoms with Gasteiger partial charge in [-0.15, -0.1) is 0 Å². The second kappa shape index (κ2) is 7.58. The van der Waals surface area contributed by atoms with Crippen molar-refractivity contribution in [2.24, 2.45) is 5.92 Å². The number of aromatic nitrogens is 4. The Bertz CT molecular complexity index is 1320. The highest BCUT2D eigenvalue weighted by Gasteiger charge is 2.43. The van der Waals surface area contributed by atoms with E-state index < -0.39 is 17.9 Å². The van der Waals surface area contributed by atoms with Gasteiger partial charge in [0.15, 0.2) is 5.82 Å². The summed E-state index contributed by atoms with van der Waals surface area (Å²) in [6, 6.07) is 3.50. The van der Waals surface area contributed by atoms with Crippen molar-refractivity contribution in [3.63, 3.8) is 0 Å². The summed E-state index contributed by atoms with van der Waals surface area (Å²) >= 11 is 6.44. The maximum atomic E-state index is 15.1. The zero-order chi connectivity index (χ0) is 21.7. The molecule has 2 N–H and O–H groups in total. The number of hydrogen-bond acceptors (Lipinski definition) is 4. The standard InChI is InChI=1S/C21H18ClF2N5O2/c1-2-31-9-13-19(24)18(22)17(12-6-25-28-20(12)13)10-3-4-16-26-15(8-29(16)7-10)27-21(30)11-5-14(11)23/h3-4,6-8,11,14H,2,5,9H2,1H3,(H,25,28)(H,27,30). The van der Waals surface area contributed by atoms with Crippen molar-refractivity contribution in [1.82, 2.24) is 19.6 Å². The molecule has 3 aromatic heterocycles. The third-order valence-electron chi connectivity index (χ3n) is 5.38. The summed E-state index contributed by atoms with van der Waals surface area (Å²) < 4.78 is 35.3. The van der Waals surface area contributed by atoms with Gasteiger partial charge >= 0.3 is 0 Å². The zero-order valence-corrected chi connectivity index (χ0v) is 17.2. The maximum absolute atomic E-state index is 15.1. The van der Waals surface area contributed by atoms with Gasteiger partial charge in [-0.25, -0.2) is 13.8 Å². The van der Waals surface area contributed by atoms with Crippen LogP contribution in [0, 0.1) is 11.7 Å². The summed E-state index contributed by atoms with van der Waals surface area (Å²) in [7, 11) is 0. The van der Waals surface area contributed by atoms with Crippen molar-refractivity contribution in [1.29, 1.82) is 0 Å². The molecule has 1 aliphatic rings. The Balaban J connectivity index is 1.55. The first kappa shape index (κ1) is 19.9. The molecule has 0 spiro atoms. The molecule has 1 aliphatic carbocycles. The van der Waals surface area contributed by atoms with Crippen molar-refractivity contribution < 1.29 is 18.3 Å². The average molecular weight is 446 g/mol. The number of nitrogens with zero attached hydrogens (tertiary/aromatic N) is 3. The summed E-state index contributed by atoms with van der Waals surface area (Å²) in [5.74, 6) is -1.23. The van der Waals surface area contributed by atoms with Crippen LogP contribution in [0.15, 0.2) is 30.7 Å². The summed E-state index contributed by atoms with van der Waals surface area (Å²) in [6.07, 6.45) is 4.12. The fraction of sp³-hybridized carbons (Fsp3) is 0.286. The highest BCUT2D eigenvalue weighted by atomic mass is 35.5. The van der Waals surface area contributed by atoms with Crippen LogP contribution in [0.1, 0.15) is 18.9 Å². The van der Waals surface area contributed by atoms with Crippen LogP contribution in [0.5, 0.6) is 0 Å². The molecule has 1 saturated carbocycles. The molecule has 2 unspecified atom stereocenters. The van der Waals surface area contributed by atoms with Crippen LogP contribution in [-0.2, 0) is 16.1 Å². The van der Waals surface area contributed by atoms with E-state index in [1.807, 2.05) is 6.92 Å². The van der Waals surface area contributed by atoms with Crippen LogP contribution >= 0.6 is 11.6 Å². The first-order valence-corrected chi connectivity index (χ1v) is 10.2. The molecule has 10 heteroatoms. The molecule has 0 aliphatic heterocycles. The smallest absolute Gasteiger partial charge is 0.231 e. The zero-order valence-electron chi connectivity index (χ0n) is 16.5. The number of benzene rings is 1.